The Kier molecular flexibility index (Phi) is 7.75. The Morgan fingerprint density at radius 1 is 1.14 bits per heavy atom. The van der Waals surface area contributed by atoms with Crippen LogP contribution in [0.1, 0.15) is 75.6 Å². The van der Waals surface area contributed by atoms with Crippen LogP contribution in [0.25, 0.3) is 0 Å². The summed E-state index contributed by atoms with van der Waals surface area (Å²) in [6.07, 6.45) is 7.53. The fourth-order valence-corrected chi connectivity index (χ4v) is 2.93. The van der Waals surface area contributed by atoms with Crippen molar-refractivity contribution in [3.63, 3.8) is 0 Å². The molecule has 0 saturated heterocycles. The molecule has 0 spiro atoms. The molecule has 1 unspecified atom stereocenters. The zero-order chi connectivity index (χ0) is 15.6. The van der Waals surface area contributed by atoms with Crippen LogP contribution >= 0.6 is 0 Å². The lowest BCUT2D eigenvalue weighted by Crippen LogP contribution is -2.21. The van der Waals surface area contributed by atoms with Gasteiger partial charge in [-0.3, -0.25) is 4.79 Å². The quantitative estimate of drug-likeness (QED) is 0.529. The first kappa shape index (κ1) is 17.4. The molecule has 0 aliphatic carbocycles. The number of carbonyl (C=O) groups is 1. The predicted octanol–water partition coefficient (Wildman–Crippen LogP) is 5.54. The van der Waals surface area contributed by atoms with E-state index in [9.17, 15) is 4.79 Å². The van der Waals surface area contributed by atoms with Crippen molar-refractivity contribution in [2.24, 2.45) is 5.41 Å². The normalized spacial score (nSPS) is 13.4. The molecule has 1 aromatic rings. The Hall–Kier alpha value is -1.62. The minimum Gasteiger partial charge on any atom is -0.294 e. The van der Waals surface area contributed by atoms with Crippen molar-refractivity contribution in [2.45, 2.75) is 65.2 Å². The van der Waals surface area contributed by atoms with Crippen LogP contribution in [-0.4, -0.2) is 5.78 Å². The molecule has 0 heterocycles. The van der Waals surface area contributed by atoms with Crippen LogP contribution in [0, 0.1) is 16.7 Å². The van der Waals surface area contributed by atoms with E-state index in [0.29, 0.717) is 12.8 Å². The number of rotatable bonds is 10. The molecule has 0 saturated carbocycles. The van der Waals surface area contributed by atoms with Crippen LogP contribution in [0.4, 0.5) is 0 Å². The number of benzene rings is 1. The minimum absolute atomic E-state index is 0.163. The van der Waals surface area contributed by atoms with Crippen molar-refractivity contribution < 1.29 is 4.79 Å². The molecule has 2 heteroatoms. The second-order valence-electron chi connectivity index (χ2n) is 5.90. The fraction of sp³-hybridized carbons (Fsp3) is 0.579. The molecule has 1 rings (SSSR count). The van der Waals surface area contributed by atoms with Gasteiger partial charge >= 0.3 is 0 Å². The number of hydrogen-bond acceptors (Lipinski definition) is 2. The second kappa shape index (κ2) is 9.34. The zero-order valence-electron chi connectivity index (χ0n) is 13.4. The number of hydrogen-bond donors (Lipinski definition) is 0. The van der Waals surface area contributed by atoms with Gasteiger partial charge in [0.05, 0.1) is 6.07 Å². The third-order valence-electron chi connectivity index (χ3n) is 4.56. The topological polar surface area (TPSA) is 40.9 Å². The lowest BCUT2D eigenvalue weighted by molar-refractivity contribution is 0.0943. The SMILES string of the molecule is CCCCC(CC)(CCC#N)CCC(=O)c1ccccc1. The van der Waals surface area contributed by atoms with Crippen molar-refractivity contribution in [1.82, 2.24) is 0 Å². The van der Waals surface area contributed by atoms with Crippen LogP contribution in [0.2, 0.25) is 0 Å². The highest BCUT2D eigenvalue weighted by Gasteiger charge is 2.27. The Balaban J connectivity index is 2.67. The van der Waals surface area contributed by atoms with E-state index in [-0.39, 0.29) is 11.2 Å². The summed E-state index contributed by atoms with van der Waals surface area (Å²) in [5, 5.41) is 8.89. The molecule has 2 nitrogen and oxygen atoms in total. The van der Waals surface area contributed by atoms with Crippen molar-refractivity contribution in [1.29, 1.82) is 5.26 Å². The van der Waals surface area contributed by atoms with E-state index in [0.717, 1.165) is 31.2 Å². The molecule has 1 aromatic carbocycles. The number of carbonyl (C=O) groups excluding carboxylic acids is 1. The molecule has 0 N–H and O–H groups in total. The first-order valence-corrected chi connectivity index (χ1v) is 8.12. The molecule has 1 atom stereocenters. The third kappa shape index (κ3) is 5.71. The highest BCUT2D eigenvalue weighted by Crippen LogP contribution is 2.39. The first-order valence-electron chi connectivity index (χ1n) is 8.12. The van der Waals surface area contributed by atoms with E-state index in [4.69, 9.17) is 5.26 Å². The lowest BCUT2D eigenvalue weighted by Gasteiger charge is -2.32. The van der Waals surface area contributed by atoms with Gasteiger partial charge in [0.25, 0.3) is 0 Å². The van der Waals surface area contributed by atoms with E-state index >= 15 is 0 Å². The molecular weight excluding hydrogens is 258 g/mol. The van der Waals surface area contributed by atoms with Crippen LogP contribution in [-0.2, 0) is 0 Å². The lowest BCUT2D eigenvalue weighted by atomic mass is 9.72. The Morgan fingerprint density at radius 2 is 1.86 bits per heavy atom. The van der Waals surface area contributed by atoms with Gasteiger partial charge in [-0.05, 0) is 24.7 Å². The van der Waals surface area contributed by atoms with Crippen molar-refractivity contribution >= 4 is 5.78 Å². The second-order valence-corrected chi connectivity index (χ2v) is 5.90. The van der Waals surface area contributed by atoms with Crippen LogP contribution < -0.4 is 0 Å². The average molecular weight is 285 g/mol. The van der Waals surface area contributed by atoms with Crippen molar-refractivity contribution in [3.8, 4) is 6.07 Å². The van der Waals surface area contributed by atoms with Crippen molar-refractivity contribution in [3.05, 3.63) is 35.9 Å². The van der Waals surface area contributed by atoms with Gasteiger partial charge in [0.2, 0.25) is 0 Å². The Labute approximate surface area is 129 Å². The van der Waals surface area contributed by atoms with Gasteiger partial charge in [0.15, 0.2) is 5.78 Å². The predicted molar refractivity (Wildman–Crippen MR) is 87.1 cm³/mol. The summed E-state index contributed by atoms with van der Waals surface area (Å²) < 4.78 is 0. The smallest absolute Gasteiger partial charge is 0.162 e. The summed E-state index contributed by atoms with van der Waals surface area (Å²) >= 11 is 0. The molecular formula is C19H27NO. The molecule has 114 valence electrons. The number of unbranched alkanes of at least 4 members (excludes halogenated alkanes) is 1. The van der Waals surface area contributed by atoms with Gasteiger partial charge in [-0.2, -0.15) is 5.26 Å². The van der Waals surface area contributed by atoms with Gasteiger partial charge < -0.3 is 0 Å². The zero-order valence-corrected chi connectivity index (χ0v) is 13.4. The number of nitrogens with zero attached hydrogens (tertiary/aromatic N) is 1. The van der Waals surface area contributed by atoms with Gasteiger partial charge in [0, 0.05) is 18.4 Å². The maximum Gasteiger partial charge on any atom is 0.162 e. The van der Waals surface area contributed by atoms with E-state index < -0.39 is 0 Å². The number of Topliss-reactive ketones (excluding diaryl/α,β-unsaturated/α-hetero) is 1. The maximum absolute atomic E-state index is 12.3. The molecule has 0 aromatic heterocycles. The summed E-state index contributed by atoms with van der Waals surface area (Å²) in [6.45, 7) is 4.39. The highest BCUT2D eigenvalue weighted by molar-refractivity contribution is 5.95. The summed E-state index contributed by atoms with van der Waals surface area (Å²) in [6, 6.07) is 11.8. The standard InChI is InChI=1S/C19H27NO/c1-3-5-13-19(4-2,14-9-16-20)15-12-18(21)17-10-7-6-8-11-17/h6-8,10-11H,3-5,9,12-15H2,1-2H3. The summed E-state index contributed by atoms with van der Waals surface area (Å²) in [5.74, 6) is 0.224. The van der Waals surface area contributed by atoms with Gasteiger partial charge in [-0.25, -0.2) is 0 Å². The minimum atomic E-state index is 0.163. The van der Waals surface area contributed by atoms with E-state index in [1.54, 1.807) is 0 Å². The molecule has 0 radical (unpaired) electrons. The summed E-state index contributed by atoms with van der Waals surface area (Å²) in [4.78, 5) is 12.3. The Bertz CT molecular complexity index is 460. The largest absolute Gasteiger partial charge is 0.294 e. The summed E-state index contributed by atoms with van der Waals surface area (Å²) in [5.41, 5.74) is 0.967. The first-order chi connectivity index (χ1) is 10.2. The van der Waals surface area contributed by atoms with Crippen LogP contribution in [0.15, 0.2) is 30.3 Å². The van der Waals surface area contributed by atoms with Crippen LogP contribution in [0.5, 0.6) is 0 Å². The average Bonchev–Trinajstić information content (AvgIpc) is 2.55. The van der Waals surface area contributed by atoms with Gasteiger partial charge in [-0.15, -0.1) is 0 Å². The summed E-state index contributed by atoms with van der Waals surface area (Å²) in [7, 11) is 0. The molecule has 0 aliphatic rings. The van der Waals surface area contributed by atoms with Gasteiger partial charge in [0.1, 0.15) is 0 Å². The maximum atomic E-state index is 12.3. The van der Waals surface area contributed by atoms with Crippen LogP contribution in [0.3, 0.4) is 0 Å². The van der Waals surface area contributed by atoms with E-state index in [2.05, 4.69) is 19.9 Å². The molecule has 0 bridgehead atoms. The van der Waals surface area contributed by atoms with Gasteiger partial charge in [-0.1, -0.05) is 63.4 Å². The molecule has 0 amide bonds. The number of ketones is 1. The Morgan fingerprint density at radius 3 is 2.43 bits per heavy atom. The van der Waals surface area contributed by atoms with Crippen molar-refractivity contribution in [2.75, 3.05) is 0 Å². The monoisotopic (exact) mass is 285 g/mol. The molecule has 21 heavy (non-hydrogen) atoms. The fourth-order valence-electron chi connectivity index (χ4n) is 2.93. The third-order valence-corrected chi connectivity index (χ3v) is 4.56. The van der Waals surface area contributed by atoms with E-state index in [1.165, 1.54) is 12.8 Å². The molecule has 0 fully saturated rings. The number of nitriles is 1. The van der Waals surface area contributed by atoms with E-state index in [1.807, 2.05) is 30.3 Å². The highest BCUT2D eigenvalue weighted by atomic mass is 16.1. The molecule has 0 aliphatic heterocycles.